The summed E-state index contributed by atoms with van der Waals surface area (Å²) in [4.78, 5) is 20.6. The van der Waals surface area contributed by atoms with Gasteiger partial charge in [-0.2, -0.15) is 13.2 Å². The Morgan fingerprint density at radius 2 is 1.89 bits per heavy atom. The largest absolute Gasteiger partial charge is 0.434 e. The summed E-state index contributed by atoms with van der Waals surface area (Å²) in [5, 5.41) is 1.59. The van der Waals surface area contributed by atoms with Crippen molar-refractivity contribution in [1.82, 2.24) is 20.2 Å². The summed E-state index contributed by atoms with van der Waals surface area (Å²) < 4.78 is 65.1. The third-order valence-corrected chi connectivity index (χ3v) is 4.64. The summed E-state index contributed by atoms with van der Waals surface area (Å²) in [5.74, 6) is 0. The van der Waals surface area contributed by atoms with Gasteiger partial charge in [-0.3, -0.25) is 0 Å². The number of alkyl halides is 5. The van der Waals surface area contributed by atoms with E-state index < -0.39 is 41.1 Å². The van der Waals surface area contributed by atoms with Gasteiger partial charge in [-0.15, -0.1) is 0 Å². The number of nitrogens with zero attached hydrogens (tertiary/aromatic N) is 3. The number of rotatable bonds is 4. The predicted molar refractivity (Wildman–Crippen MR) is 90.4 cm³/mol. The number of halogens is 7. The molecule has 1 fully saturated rings. The Hall–Kier alpha value is -2.20. The molecule has 2 aromatic heterocycles. The fraction of sp³-hybridized carbons (Fsp3) is 0.312. The SMILES string of the molecule is O=C1NCCN1[C@H](c1cnc(C(F)(F)F)c(Cl)c1)c1ccc(Cl)c(C(F)F)n1. The molecule has 1 aliphatic rings. The van der Waals surface area contributed by atoms with Gasteiger partial charge in [0, 0.05) is 24.8 Å². The molecule has 5 nitrogen and oxygen atoms in total. The lowest BCUT2D eigenvalue weighted by atomic mass is 10.0. The molecule has 2 amide bonds. The zero-order chi connectivity index (χ0) is 20.6. The van der Waals surface area contributed by atoms with Crippen LogP contribution in [-0.4, -0.2) is 34.0 Å². The minimum Gasteiger partial charge on any atom is -0.336 e. The van der Waals surface area contributed by atoms with Crippen molar-refractivity contribution in [3.05, 3.63) is 57.1 Å². The van der Waals surface area contributed by atoms with Crippen LogP contribution in [0.2, 0.25) is 10.0 Å². The highest BCUT2D eigenvalue weighted by molar-refractivity contribution is 6.31. The first-order valence-corrected chi connectivity index (χ1v) is 8.56. The molecule has 0 bridgehead atoms. The van der Waals surface area contributed by atoms with E-state index in [1.165, 1.54) is 17.0 Å². The first-order valence-electron chi connectivity index (χ1n) is 7.81. The summed E-state index contributed by atoms with van der Waals surface area (Å²) in [7, 11) is 0. The van der Waals surface area contributed by atoms with Gasteiger partial charge < -0.3 is 10.2 Å². The molecule has 12 heteroatoms. The first-order chi connectivity index (χ1) is 13.1. The lowest BCUT2D eigenvalue weighted by molar-refractivity contribution is -0.141. The fourth-order valence-corrected chi connectivity index (χ4v) is 3.30. The van der Waals surface area contributed by atoms with Gasteiger partial charge in [0.1, 0.15) is 11.7 Å². The summed E-state index contributed by atoms with van der Waals surface area (Å²) in [6, 6.07) is 1.88. The van der Waals surface area contributed by atoms with E-state index in [4.69, 9.17) is 23.2 Å². The highest BCUT2D eigenvalue weighted by Gasteiger charge is 2.37. The average Bonchev–Trinajstić information content (AvgIpc) is 3.01. The van der Waals surface area contributed by atoms with Crippen LogP contribution in [0, 0.1) is 0 Å². The molecule has 3 heterocycles. The van der Waals surface area contributed by atoms with Gasteiger partial charge in [0.2, 0.25) is 0 Å². The van der Waals surface area contributed by atoms with Gasteiger partial charge in [0.15, 0.2) is 5.69 Å². The monoisotopic (exact) mass is 440 g/mol. The number of hydrogen-bond acceptors (Lipinski definition) is 3. The molecule has 0 spiro atoms. The van der Waals surface area contributed by atoms with Gasteiger partial charge in [-0.1, -0.05) is 23.2 Å². The average molecular weight is 441 g/mol. The molecule has 1 saturated heterocycles. The molecule has 1 N–H and O–H groups in total. The number of carbonyl (C=O) groups is 1. The third-order valence-electron chi connectivity index (χ3n) is 4.03. The second kappa shape index (κ2) is 7.67. The van der Waals surface area contributed by atoms with Crippen LogP contribution in [0.25, 0.3) is 0 Å². The molecule has 0 aromatic carbocycles. The number of urea groups is 1. The van der Waals surface area contributed by atoms with Crippen molar-refractivity contribution in [1.29, 1.82) is 0 Å². The molecule has 0 aliphatic carbocycles. The van der Waals surface area contributed by atoms with Crippen molar-refractivity contribution in [3.8, 4) is 0 Å². The molecule has 28 heavy (non-hydrogen) atoms. The Morgan fingerprint density at radius 1 is 1.18 bits per heavy atom. The maximum absolute atomic E-state index is 13.2. The van der Waals surface area contributed by atoms with E-state index in [9.17, 15) is 26.7 Å². The van der Waals surface area contributed by atoms with Gasteiger partial charge in [0.25, 0.3) is 6.43 Å². The van der Waals surface area contributed by atoms with Crippen molar-refractivity contribution in [2.24, 2.45) is 0 Å². The standard InChI is InChI=1S/C16H11Cl2F5N4O/c17-8-1-2-10(26-11(8)14(19)20)12(27-4-3-24-15(27)28)7-5-9(18)13(25-6-7)16(21,22)23/h1-2,5-6,12,14H,3-4H2,(H,24,28)/t12-/m1/s1. The van der Waals surface area contributed by atoms with Gasteiger partial charge >= 0.3 is 12.2 Å². The van der Waals surface area contributed by atoms with Crippen LogP contribution in [0.4, 0.5) is 26.7 Å². The topological polar surface area (TPSA) is 58.1 Å². The first kappa shape index (κ1) is 20.5. The highest BCUT2D eigenvalue weighted by Crippen LogP contribution is 2.37. The number of amides is 2. The van der Waals surface area contributed by atoms with Crippen molar-refractivity contribution in [3.63, 3.8) is 0 Å². The third kappa shape index (κ3) is 3.97. The van der Waals surface area contributed by atoms with Crippen molar-refractivity contribution < 1.29 is 26.7 Å². The van der Waals surface area contributed by atoms with Gasteiger partial charge in [-0.25, -0.2) is 23.5 Å². The maximum Gasteiger partial charge on any atom is 0.434 e. The minimum atomic E-state index is -4.77. The molecule has 0 unspecified atom stereocenters. The highest BCUT2D eigenvalue weighted by atomic mass is 35.5. The van der Waals surface area contributed by atoms with E-state index in [0.29, 0.717) is 0 Å². The smallest absolute Gasteiger partial charge is 0.336 e. The minimum absolute atomic E-state index is 0.00521. The van der Waals surface area contributed by atoms with Crippen LogP contribution < -0.4 is 5.32 Å². The molecular weight excluding hydrogens is 430 g/mol. The summed E-state index contributed by atoms with van der Waals surface area (Å²) in [5.41, 5.74) is -1.91. The molecule has 1 atom stereocenters. The van der Waals surface area contributed by atoms with E-state index >= 15 is 0 Å². The number of carbonyl (C=O) groups excluding carboxylic acids is 1. The second-order valence-electron chi connectivity index (χ2n) is 5.83. The molecule has 2 aromatic rings. The quantitative estimate of drug-likeness (QED) is 0.691. The molecule has 3 rings (SSSR count). The molecule has 1 aliphatic heterocycles. The van der Waals surface area contributed by atoms with Crippen LogP contribution in [0.1, 0.15) is 35.1 Å². The Bertz CT molecular complexity index is 909. The summed E-state index contributed by atoms with van der Waals surface area (Å²) in [6.45, 7) is 0.447. The van der Waals surface area contributed by atoms with Crippen molar-refractivity contribution in [2.45, 2.75) is 18.6 Å². The summed E-state index contributed by atoms with van der Waals surface area (Å²) >= 11 is 11.5. The van der Waals surface area contributed by atoms with E-state index in [1.54, 1.807) is 0 Å². The number of aromatic nitrogens is 2. The normalized spacial score (nSPS) is 15.9. The van der Waals surface area contributed by atoms with Crippen LogP contribution in [0.5, 0.6) is 0 Å². The Morgan fingerprint density at radius 3 is 2.43 bits per heavy atom. The van der Waals surface area contributed by atoms with Crippen molar-refractivity contribution >= 4 is 29.2 Å². The van der Waals surface area contributed by atoms with Crippen LogP contribution in [0.15, 0.2) is 24.4 Å². The lowest BCUT2D eigenvalue weighted by Gasteiger charge is -2.27. The number of nitrogens with one attached hydrogen (secondary N) is 1. The van der Waals surface area contributed by atoms with Crippen molar-refractivity contribution in [2.75, 3.05) is 13.1 Å². The van der Waals surface area contributed by atoms with Crippen LogP contribution in [0.3, 0.4) is 0 Å². The zero-order valence-electron chi connectivity index (χ0n) is 13.8. The van der Waals surface area contributed by atoms with Gasteiger partial charge in [-0.05, 0) is 18.2 Å². The predicted octanol–water partition coefficient (Wildman–Crippen LogP) is 4.85. The van der Waals surface area contributed by atoms with E-state index in [-0.39, 0.29) is 29.4 Å². The van der Waals surface area contributed by atoms with Crippen LogP contribution >= 0.6 is 23.2 Å². The molecule has 0 saturated carbocycles. The number of hydrogen-bond donors (Lipinski definition) is 1. The second-order valence-corrected chi connectivity index (χ2v) is 6.64. The fourth-order valence-electron chi connectivity index (χ4n) is 2.83. The molecular formula is C16H11Cl2F5N4O. The maximum atomic E-state index is 13.2. The van der Waals surface area contributed by atoms with E-state index in [0.717, 1.165) is 12.3 Å². The lowest BCUT2D eigenvalue weighted by Crippen LogP contribution is -2.33. The Kier molecular flexibility index (Phi) is 5.62. The zero-order valence-corrected chi connectivity index (χ0v) is 15.3. The van der Waals surface area contributed by atoms with Gasteiger partial charge in [0.05, 0.1) is 15.7 Å². The van der Waals surface area contributed by atoms with E-state index in [2.05, 4.69) is 15.3 Å². The molecule has 0 radical (unpaired) electrons. The van der Waals surface area contributed by atoms with E-state index in [1.807, 2.05) is 0 Å². The Balaban J connectivity index is 2.13. The summed E-state index contributed by atoms with van der Waals surface area (Å²) in [6.07, 6.45) is -6.85. The number of pyridine rings is 2. The molecule has 150 valence electrons. The van der Waals surface area contributed by atoms with Crippen LogP contribution in [-0.2, 0) is 6.18 Å². The Labute approximate surface area is 165 Å².